The van der Waals surface area contributed by atoms with Crippen molar-refractivity contribution in [2.45, 2.75) is 32.4 Å². The molecule has 1 rings (SSSR count). The lowest BCUT2D eigenvalue weighted by Gasteiger charge is -2.17. The van der Waals surface area contributed by atoms with E-state index in [0.717, 1.165) is 0 Å². The molecule has 0 saturated heterocycles. The molecule has 0 spiro atoms. The Balaban J connectivity index is 2.29. The predicted molar refractivity (Wildman–Crippen MR) is 51.2 cm³/mol. The minimum atomic E-state index is -0.478. The van der Waals surface area contributed by atoms with Crippen molar-refractivity contribution in [3.8, 4) is 0 Å². The molecule has 0 unspecified atom stereocenters. The van der Waals surface area contributed by atoms with Gasteiger partial charge in [0.25, 0.3) is 0 Å². The fourth-order valence-corrected chi connectivity index (χ4v) is 0.994. The Hall–Kier alpha value is -1.36. The zero-order chi connectivity index (χ0) is 10.6. The third kappa shape index (κ3) is 4.04. The summed E-state index contributed by atoms with van der Waals surface area (Å²) in [7, 11) is 0. The molecule has 1 heterocycles. The number of carbonyl (C=O) groups excluding carboxylic acids is 1. The van der Waals surface area contributed by atoms with Gasteiger partial charge in [0.05, 0.1) is 6.54 Å². The van der Waals surface area contributed by atoms with E-state index >= 15 is 0 Å². The number of aromatic nitrogens is 1. The van der Waals surface area contributed by atoms with E-state index in [-0.39, 0.29) is 5.91 Å². The highest BCUT2D eigenvalue weighted by atomic mass is 16.5. The van der Waals surface area contributed by atoms with Gasteiger partial charge in [-0.3, -0.25) is 4.79 Å². The maximum absolute atomic E-state index is 11.3. The second-order valence-corrected chi connectivity index (χ2v) is 3.93. The van der Waals surface area contributed by atoms with Crippen LogP contribution < -0.4 is 11.1 Å². The number of hydrogen-bond acceptors (Lipinski definition) is 4. The van der Waals surface area contributed by atoms with E-state index in [9.17, 15) is 4.79 Å². The van der Waals surface area contributed by atoms with E-state index in [2.05, 4.69) is 15.0 Å². The number of nitrogens with two attached hydrogens (primary N) is 1. The van der Waals surface area contributed by atoms with Gasteiger partial charge in [-0.1, -0.05) is 5.16 Å². The molecular formula is C9H15N3O2. The lowest BCUT2D eigenvalue weighted by Crippen LogP contribution is -2.38. The highest BCUT2D eigenvalue weighted by molar-refractivity contribution is 5.76. The molecule has 0 radical (unpaired) electrons. The molecule has 1 aromatic rings. The van der Waals surface area contributed by atoms with Gasteiger partial charge in [0.1, 0.15) is 12.0 Å². The molecule has 0 aliphatic carbocycles. The summed E-state index contributed by atoms with van der Waals surface area (Å²) in [6.07, 6.45) is 1.76. The first-order chi connectivity index (χ1) is 6.47. The van der Waals surface area contributed by atoms with Gasteiger partial charge in [-0.2, -0.15) is 0 Å². The zero-order valence-electron chi connectivity index (χ0n) is 8.41. The Morgan fingerprint density at radius 2 is 2.43 bits per heavy atom. The molecule has 0 aliphatic heterocycles. The van der Waals surface area contributed by atoms with Gasteiger partial charge in [0.15, 0.2) is 0 Å². The molecule has 78 valence electrons. The third-order valence-corrected chi connectivity index (χ3v) is 1.57. The minimum absolute atomic E-state index is 0.0829. The molecule has 0 aliphatic rings. The van der Waals surface area contributed by atoms with Crippen LogP contribution in [0.2, 0.25) is 0 Å². The summed E-state index contributed by atoms with van der Waals surface area (Å²) in [5.41, 5.74) is 5.91. The molecule has 0 fully saturated rings. The van der Waals surface area contributed by atoms with Crippen molar-refractivity contribution >= 4 is 5.91 Å². The van der Waals surface area contributed by atoms with Crippen molar-refractivity contribution in [1.29, 1.82) is 0 Å². The molecule has 0 bridgehead atoms. The van der Waals surface area contributed by atoms with E-state index in [1.54, 1.807) is 6.07 Å². The Labute approximate surface area is 82.6 Å². The average molecular weight is 197 g/mol. The van der Waals surface area contributed by atoms with Gasteiger partial charge >= 0.3 is 0 Å². The van der Waals surface area contributed by atoms with Crippen LogP contribution in [0.3, 0.4) is 0 Å². The molecule has 3 N–H and O–H groups in total. The fourth-order valence-electron chi connectivity index (χ4n) is 0.994. The van der Waals surface area contributed by atoms with Crippen LogP contribution in [0, 0.1) is 0 Å². The summed E-state index contributed by atoms with van der Waals surface area (Å²) in [5, 5.41) is 6.36. The Morgan fingerprint density at radius 1 is 1.71 bits per heavy atom. The first kappa shape index (κ1) is 10.7. The standard InChI is InChI=1S/C9H15N3O2/c1-9(2,10)5-8(13)11-6-7-3-4-14-12-7/h3-4H,5-6,10H2,1-2H3,(H,11,13). The van der Waals surface area contributed by atoms with E-state index in [0.29, 0.717) is 18.7 Å². The number of amides is 1. The lowest BCUT2D eigenvalue weighted by molar-refractivity contribution is -0.122. The van der Waals surface area contributed by atoms with Crippen LogP contribution in [0.5, 0.6) is 0 Å². The van der Waals surface area contributed by atoms with Gasteiger partial charge in [0, 0.05) is 18.0 Å². The molecular weight excluding hydrogens is 182 g/mol. The average Bonchev–Trinajstić information content (AvgIpc) is 2.49. The van der Waals surface area contributed by atoms with Gasteiger partial charge in [-0.25, -0.2) is 0 Å². The topological polar surface area (TPSA) is 81.2 Å². The van der Waals surface area contributed by atoms with Crippen LogP contribution in [0.25, 0.3) is 0 Å². The summed E-state index contributed by atoms with van der Waals surface area (Å²) >= 11 is 0. The lowest BCUT2D eigenvalue weighted by atomic mass is 10.0. The summed E-state index contributed by atoms with van der Waals surface area (Å²) in [5.74, 6) is -0.0829. The van der Waals surface area contributed by atoms with E-state index in [1.165, 1.54) is 6.26 Å². The third-order valence-electron chi connectivity index (χ3n) is 1.57. The number of carbonyl (C=O) groups is 1. The molecule has 1 aromatic heterocycles. The maximum Gasteiger partial charge on any atom is 0.222 e. The number of hydrogen-bond donors (Lipinski definition) is 2. The van der Waals surface area contributed by atoms with E-state index in [4.69, 9.17) is 5.73 Å². The summed E-state index contributed by atoms with van der Waals surface area (Å²) < 4.78 is 4.62. The molecule has 0 atom stereocenters. The van der Waals surface area contributed by atoms with Gasteiger partial charge in [-0.15, -0.1) is 0 Å². The van der Waals surface area contributed by atoms with Crippen molar-refractivity contribution in [2.24, 2.45) is 5.73 Å². The highest BCUT2D eigenvalue weighted by Crippen LogP contribution is 2.03. The van der Waals surface area contributed by atoms with E-state index < -0.39 is 5.54 Å². The SMILES string of the molecule is CC(C)(N)CC(=O)NCc1ccon1. The summed E-state index contributed by atoms with van der Waals surface area (Å²) in [6.45, 7) is 4.00. The monoisotopic (exact) mass is 197 g/mol. The molecule has 0 saturated carbocycles. The molecule has 14 heavy (non-hydrogen) atoms. The van der Waals surface area contributed by atoms with Gasteiger partial charge in [-0.05, 0) is 13.8 Å². The number of nitrogens with one attached hydrogen (secondary N) is 1. The fraction of sp³-hybridized carbons (Fsp3) is 0.556. The van der Waals surface area contributed by atoms with E-state index in [1.807, 2.05) is 13.8 Å². The second-order valence-electron chi connectivity index (χ2n) is 3.93. The van der Waals surface area contributed by atoms with Crippen molar-refractivity contribution in [1.82, 2.24) is 10.5 Å². The normalized spacial score (nSPS) is 11.4. The highest BCUT2D eigenvalue weighted by Gasteiger charge is 2.15. The summed E-state index contributed by atoms with van der Waals surface area (Å²) in [6, 6.07) is 1.70. The largest absolute Gasteiger partial charge is 0.364 e. The smallest absolute Gasteiger partial charge is 0.222 e. The van der Waals surface area contributed by atoms with Crippen molar-refractivity contribution in [3.63, 3.8) is 0 Å². The zero-order valence-corrected chi connectivity index (χ0v) is 8.41. The van der Waals surface area contributed by atoms with Crippen LogP contribution in [0.15, 0.2) is 16.9 Å². The molecule has 1 amide bonds. The van der Waals surface area contributed by atoms with Crippen molar-refractivity contribution in [3.05, 3.63) is 18.0 Å². The first-order valence-corrected chi connectivity index (χ1v) is 4.42. The molecule has 0 aromatic carbocycles. The Kier molecular flexibility index (Phi) is 3.24. The molecule has 5 heteroatoms. The van der Waals surface area contributed by atoms with Crippen molar-refractivity contribution in [2.75, 3.05) is 0 Å². The van der Waals surface area contributed by atoms with Gasteiger partial charge < -0.3 is 15.6 Å². The second kappa shape index (κ2) is 4.23. The van der Waals surface area contributed by atoms with Crippen molar-refractivity contribution < 1.29 is 9.32 Å². The van der Waals surface area contributed by atoms with Crippen LogP contribution in [0.1, 0.15) is 26.0 Å². The van der Waals surface area contributed by atoms with Gasteiger partial charge in [0.2, 0.25) is 5.91 Å². The first-order valence-electron chi connectivity index (χ1n) is 4.42. The molecule has 5 nitrogen and oxygen atoms in total. The van der Waals surface area contributed by atoms with Crippen LogP contribution in [0.4, 0.5) is 0 Å². The van der Waals surface area contributed by atoms with Crippen LogP contribution in [-0.4, -0.2) is 16.6 Å². The van der Waals surface area contributed by atoms with Crippen LogP contribution in [-0.2, 0) is 11.3 Å². The summed E-state index contributed by atoms with van der Waals surface area (Å²) in [4.78, 5) is 11.3. The number of rotatable bonds is 4. The predicted octanol–water partition coefficient (Wildman–Crippen LogP) is 0.418. The van der Waals surface area contributed by atoms with Crippen LogP contribution >= 0.6 is 0 Å². The quantitative estimate of drug-likeness (QED) is 0.732. The minimum Gasteiger partial charge on any atom is -0.364 e. The Morgan fingerprint density at radius 3 is 2.93 bits per heavy atom. The Bertz CT molecular complexity index is 288. The number of nitrogens with zero attached hydrogens (tertiary/aromatic N) is 1. The maximum atomic E-state index is 11.3.